The molecule has 0 unspecified atom stereocenters. The second kappa shape index (κ2) is 9.61. The second-order valence-electron chi connectivity index (χ2n) is 6.16. The van der Waals surface area contributed by atoms with Crippen molar-refractivity contribution < 1.29 is 14.4 Å². The number of nitrogens with one attached hydrogen (secondary N) is 3. The summed E-state index contributed by atoms with van der Waals surface area (Å²) in [6, 6.07) is 7.35. The molecule has 3 amide bonds. The smallest absolute Gasteiger partial charge is 0.247 e. The van der Waals surface area contributed by atoms with Gasteiger partial charge in [-0.05, 0) is 43.0 Å². The van der Waals surface area contributed by atoms with Crippen molar-refractivity contribution in [3.63, 3.8) is 0 Å². The predicted octanol–water partition coefficient (Wildman–Crippen LogP) is 1.78. The number of hydrogen-bond donors (Lipinski definition) is 3. The normalized spacial score (nSPS) is 13.4. The number of carbonyl (C=O) groups is 3. The lowest BCUT2D eigenvalue weighted by atomic mass is 9.85. The molecule has 3 N–H and O–H groups in total. The third kappa shape index (κ3) is 6.41. The standard InChI is InChI=1S/C19H25N3O3/c1-2-17(23)22-16-9-6-14(7-10-16)8-11-18(24)20-12-13-21-19(25)15-4-3-5-15/h2,6-7,9-10,15H,1,3-5,8,11-13H2,(H,20,24)(H,21,25)(H,22,23). The maximum atomic E-state index is 11.8. The minimum Gasteiger partial charge on any atom is -0.354 e. The van der Waals surface area contributed by atoms with Gasteiger partial charge in [0, 0.05) is 31.1 Å². The molecule has 1 saturated carbocycles. The number of rotatable bonds is 9. The third-order valence-corrected chi connectivity index (χ3v) is 4.27. The fourth-order valence-corrected chi connectivity index (χ4v) is 2.50. The van der Waals surface area contributed by atoms with Crippen LogP contribution in [0.1, 0.15) is 31.2 Å². The van der Waals surface area contributed by atoms with Crippen LogP contribution in [0.15, 0.2) is 36.9 Å². The highest BCUT2D eigenvalue weighted by Crippen LogP contribution is 2.25. The fourth-order valence-electron chi connectivity index (χ4n) is 2.50. The second-order valence-corrected chi connectivity index (χ2v) is 6.16. The van der Waals surface area contributed by atoms with E-state index in [1.54, 1.807) is 12.1 Å². The molecule has 6 heteroatoms. The summed E-state index contributed by atoms with van der Waals surface area (Å²) in [5.41, 5.74) is 1.71. The number of carbonyl (C=O) groups excluding carboxylic acids is 3. The minimum absolute atomic E-state index is 0.0399. The summed E-state index contributed by atoms with van der Waals surface area (Å²) >= 11 is 0. The highest BCUT2D eigenvalue weighted by atomic mass is 16.2. The van der Waals surface area contributed by atoms with Gasteiger partial charge < -0.3 is 16.0 Å². The van der Waals surface area contributed by atoms with Gasteiger partial charge in [-0.1, -0.05) is 25.1 Å². The monoisotopic (exact) mass is 343 g/mol. The number of benzene rings is 1. The van der Waals surface area contributed by atoms with E-state index < -0.39 is 0 Å². The molecule has 0 radical (unpaired) electrons. The zero-order valence-corrected chi connectivity index (χ0v) is 14.3. The first-order valence-electron chi connectivity index (χ1n) is 8.65. The van der Waals surface area contributed by atoms with Gasteiger partial charge in [-0.2, -0.15) is 0 Å². The van der Waals surface area contributed by atoms with Crippen molar-refractivity contribution in [2.45, 2.75) is 32.1 Å². The molecule has 134 valence electrons. The van der Waals surface area contributed by atoms with E-state index in [9.17, 15) is 14.4 Å². The van der Waals surface area contributed by atoms with Gasteiger partial charge in [0.15, 0.2) is 0 Å². The van der Waals surface area contributed by atoms with E-state index in [1.165, 1.54) is 6.08 Å². The molecule has 1 fully saturated rings. The lowest BCUT2D eigenvalue weighted by Crippen LogP contribution is -2.39. The molecule has 0 atom stereocenters. The molecule has 0 bridgehead atoms. The van der Waals surface area contributed by atoms with Crippen LogP contribution in [-0.2, 0) is 20.8 Å². The first-order chi connectivity index (χ1) is 12.1. The largest absolute Gasteiger partial charge is 0.354 e. The summed E-state index contributed by atoms with van der Waals surface area (Å²) in [7, 11) is 0. The molecule has 25 heavy (non-hydrogen) atoms. The Morgan fingerprint density at radius 3 is 2.36 bits per heavy atom. The molecule has 1 aliphatic carbocycles. The molecule has 0 spiro atoms. The summed E-state index contributed by atoms with van der Waals surface area (Å²) in [5, 5.41) is 8.32. The van der Waals surface area contributed by atoms with Crippen LogP contribution in [0, 0.1) is 5.92 Å². The average Bonchev–Trinajstić information content (AvgIpc) is 2.56. The van der Waals surface area contributed by atoms with Crippen LogP contribution in [0.4, 0.5) is 5.69 Å². The highest BCUT2D eigenvalue weighted by molar-refractivity contribution is 5.98. The summed E-state index contributed by atoms with van der Waals surface area (Å²) < 4.78 is 0. The lowest BCUT2D eigenvalue weighted by molar-refractivity contribution is -0.127. The molecule has 1 aromatic carbocycles. The molecule has 1 aliphatic rings. The minimum atomic E-state index is -0.253. The van der Waals surface area contributed by atoms with Crippen molar-refractivity contribution >= 4 is 23.4 Å². The van der Waals surface area contributed by atoms with Crippen LogP contribution in [0.5, 0.6) is 0 Å². The molecule has 6 nitrogen and oxygen atoms in total. The molecule has 0 aromatic heterocycles. The first kappa shape index (κ1) is 18.7. The van der Waals surface area contributed by atoms with Crippen LogP contribution in [-0.4, -0.2) is 30.8 Å². The Bertz CT molecular complexity index is 621. The van der Waals surface area contributed by atoms with Crippen LogP contribution >= 0.6 is 0 Å². The van der Waals surface area contributed by atoms with E-state index in [4.69, 9.17) is 0 Å². The zero-order valence-electron chi connectivity index (χ0n) is 14.3. The Hall–Kier alpha value is -2.63. The summed E-state index contributed by atoms with van der Waals surface area (Å²) in [6.07, 6.45) is 5.32. The van der Waals surface area contributed by atoms with Gasteiger partial charge in [0.25, 0.3) is 0 Å². The molecule has 0 aliphatic heterocycles. The van der Waals surface area contributed by atoms with E-state index in [0.717, 1.165) is 24.8 Å². The van der Waals surface area contributed by atoms with Crippen LogP contribution in [0.3, 0.4) is 0 Å². The summed E-state index contributed by atoms with van der Waals surface area (Å²) in [4.78, 5) is 34.7. The van der Waals surface area contributed by atoms with Gasteiger partial charge in [0.05, 0.1) is 0 Å². The predicted molar refractivity (Wildman–Crippen MR) is 97.0 cm³/mol. The molecule has 1 aromatic rings. The van der Waals surface area contributed by atoms with Crippen LogP contribution in [0.2, 0.25) is 0 Å². The molecular formula is C19H25N3O3. The summed E-state index contributed by atoms with van der Waals surface area (Å²) in [5.74, 6) is -0.0162. The van der Waals surface area contributed by atoms with Gasteiger partial charge >= 0.3 is 0 Å². The Morgan fingerprint density at radius 1 is 1.08 bits per heavy atom. The third-order valence-electron chi connectivity index (χ3n) is 4.27. The maximum absolute atomic E-state index is 11.8. The van der Waals surface area contributed by atoms with Crippen molar-refractivity contribution in [2.75, 3.05) is 18.4 Å². The average molecular weight is 343 g/mol. The molecule has 0 saturated heterocycles. The molecular weight excluding hydrogens is 318 g/mol. The highest BCUT2D eigenvalue weighted by Gasteiger charge is 2.24. The lowest BCUT2D eigenvalue weighted by Gasteiger charge is -2.24. The van der Waals surface area contributed by atoms with E-state index in [0.29, 0.717) is 31.6 Å². The Morgan fingerprint density at radius 2 is 1.76 bits per heavy atom. The first-order valence-corrected chi connectivity index (χ1v) is 8.65. The van der Waals surface area contributed by atoms with E-state index >= 15 is 0 Å². The number of anilines is 1. The van der Waals surface area contributed by atoms with E-state index in [2.05, 4.69) is 22.5 Å². The van der Waals surface area contributed by atoms with Gasteiger partial charge in [0.2, 0.25) is 17.7 Å². The molecule has 2 rings (SSSR count). The zero-order chi connectivity index (χ0) is 18.1. The van der Waals surface area contributed by atoms with E-state index in [-0.39, 0.29) is 23.6 Å². The quantitative estimate of drug-likeness (QED) is 0.472. The van der Waals surface area contributed by atoms with Crippen molar-refractivity contribution in [3.8, 4) is 0 Å². The Balaban J connectivity index is 1.60. The van der Waals surface area contributed by atoms with Crippen LogP contribution in [0.25, 0.3) is 0 Å². The van der Waals surface area contributed by atoms with Crippen molar-refractivity contribution in [2.24, 2.45) is 5.92 Å². The Labute approximate surface area is 148 Å². The SMILES string of the molecule is C=CC(=O)Nc1ccc(CCC(=O)NCCNC(=O)C2CCC2)cc1. The van der Waals surface area contributed by atoms with Gasteiger partial charge in [-0.15, -0.1) is 0 Å². The van der Waals surface area contributed by atoms with Crippen molar-refractivity contribution in [3.05, 3.63) is 42.5 Å². The van der Waals surface area contributed by atoms with Crippen molar-refractivity contribution in [1.82, 2.24) is 10.6 Å². The maximum Gasteiger partial charge on any atom is 0.247 e. The van der Waals surface area contributed by atoms with Gasteiger partial charge in [0.1, 0.15) is 0 Å². The van der Waals surface area contributed by atoms with Gasteiger partial charge in [-0.25, -0.2) is 0 Å². The summed E-state index contributed by atoms with van der Waals surface area (Å²) in [6.45, 7) is 4.32. The van der Waals surface area contributed by atoms with Crippen molar-refractivity contribution in [1.29, 1.82) is 0 Å². The number of amides is 3. The molecule has 0 heterocycles. The number of hydrogen-bond acceptors (Lipinski definition) is 3. The van der Waals surface area contributed by atoms with Crippen LogP contribution < -0.4 is 16.0 Å². The topological polar surface area (TPSA) is 87.3 Å². The fraction of sp³-hybridized carbons (Fsp3) is 0.421. The number of aryl methyl sites for hydroxylation is 1. The van der Waals surface area contributed by atoms with Gasteiger partial charge in [-0.3, -0.25) is 14.4 Å². The Kier molecular flexibility index (Phi) is 7.19. The van der Waals surface area contributed by atoms with E-state index in [1.807, 2.05) is 12.1 Å².